The molecule has 1 aliphatic rings. The molecule has 1 heterocycles. The molecule has 2 unspecified atom stereocenters. The first-order valence-corrected chi connectivity index (χ1v) is 6.85. The van der Waals surface area contributed by atoms with Gasteiger partial charge in [-0.3, -0.25) is 0 Å². The summed E-state index contributed by atoms with van der Waals surface area (Å²) in [7, 11) is 1.59. The second-order valence-corrected chi connectivity index (χ2v) is 5.64. The standard InChI is InChI=1S/C14H23N3O2/c1-10-5-4-6-14(8-10,9-18)17-13-15-11(2)7-12(16-13)19-3/h7,10,18H,4-6,8-9H2,1-3H3,(H,15,16,17). The van der Waals surface area contributed by atoms with Gasteiger partial charge in [0, 0.05) is 11.8 Å². The van der Waals surface area contributed by atoms with Crippen LogP contribution in [0.4, 0.5) is 5.95 Å². The fraction of sp³-hybridized carbons (Fsp3) is 0.714. The van der Waals surface area contributed by atoms with Gasteiger partial charge in [0.25, 0.3) is 0 Å². The second-order valence-electron chi connectivity index (χ2n) is 5.64. The molecule has 0 spiro atoms. The normalized spacial score (nSPS) is 27.1. The molecule has 5 nitrogen and oxygen atoms in total. The summed E-state index contributed by atoms with van der Waals surface area (Å²) in [6, 6.07) is 1.79. The Bertz CT molecular complexity index is 439. The summed E-state index contributed by atoms with van der Waals surface area (Å²) < 4.78 is 5.16. The minimum Gasteiger partial charge on any atom is -0.481 e. The maximum absolute atomic E-state index is 9.77. The highest BCUT2D eigenvalue weighted by molar-refractivity contribution is 5.34. The Kier molecular flexibility index (Phi) is 4.24. The number of aliphatic hydroxyl groups excluding tert-OH is 1. The average Bonchev–Trinajstić information content (AvgIpc) is 2.38. The Morgan fingerprint density at radius 3 is 2.95 bits per heavy atom. The Morgan fingerprint density at radius 2 is 2.32 bits per heavy atom. The topological polar surface area (TPSA) is 67.3 Å². The van der Waals surface area contributed by atoms with Crippen LogP contribution in [-0.2, 0) is 0 Å². The van der Waals surface area contributed by atoms with Crippen LogP contribution < -0.4 is 10.1 Å². The van der Waals surface area contributed by atoms with Crippen molar-refractivity contribution in [3.63, 3.8) is 0 Å². The third kappa shape index (κ3) is 3.35. The third-order valence-corrected chi connectivity index (χ3v) is 3.81. The maximum atomic E-state index is 9.77. The van der Waals surface area contributed by atoms with Crippen LogP contribution in [0.2, 0.25) is 0 Å². The maximum Gasteiger partial charge on any atom is 0.226 e. The fourth-order valence-corrected chi connectivity index (χ4v) is 2.89. The van der Waals surface area contributed by atoms with Crippen LogP contribution in [0.25, 0.3) is 0 Å². The van der Waals surface area contributed by atoms with Crippen LogP contribution in [0.5, 0.6) is 5.88 Å². The third-order valence-electron chi connectivity index (χ3n) is 3.81. The van der Waals surface area contributed by atoms with E-state index in [-0.39, 0.29) is 12.1 Å². The summed E-state index contributed by atoms with van der Waals surface area (Å²) in [5.41, 5.74) is 0.558. The van der Waals surface area contributed by atoms with E-state index in [1.54, 1.807) is 13.2 Å². The molecule has 2 N–H and O–H groups in total. The lowest BCUT2D eigenvalue weighted by atomic mass is 9.77. The van der Waals surface area contributed by atoms with Crippen molar-refractivity contribution in [1.29, 1.82) is 0 Å². The molecule has 0 saturated heterocycles. The zero-order valence-electron chi connectivity index (χ0n) is 11.9. The zero-order chi connectivity index (χ0) is 13.9. The molecule has 0 aliphatic heterocycles. The van der Waals surface area contributed by atoms with E-state index in [4.69, 9.17) is 4.74 Å². The van der Waals surface area contributed by atoms with E-state index < -0.39 is 0 Å². The van der Waals surface area contributed by atoms with Crippen molar-refractivity contribution < 1.29 is 9.84 Å². The average molecular weight is 265 g/mol. The molecule has 2 atom stereocenters. The summed E-state index contributed by atoms with van der Waals surface area (Å²) in [6.07, 6.45) is 4.25. The largest absolute Gasteiger partial charge is 0.481 e. The summed E-state index contributed by atoms with van der Waals surface area (Å²) in [4.78, 5) is 8.69. The number of rotatable bonds is 4. The molecule has 19 heavy (non-hydrogen) atoms. The van der Waals surface area contributed by atoms with Crippen molar-refractivity contribution >= 4 is 5.95 Å². The molecular formula is C14H23N3O2. The molecule has 1 saturated carbocycles. The second kappa shape index (κ2) is 5.74. The molecule has 2 rings (SSSR count). The lowest BCUT2D eigenvalue weighted by molar-refractivity contribution is 0.149. The monoisotopic (exact) mass is 265 g/mol. The Morgan fingerprint density at radius 1 is 1.53 bits per heavy atom. The molecule has 1 aromatic heterocycles. The number of aryl methyl sites for hydroxylation is 1. The highest BCUT2D eigenvalue weighted by Crippen LogP contribution is 2.34. The van der Waals surface area contributed by atoms with Gasteiger partial charge in [0.05, 0.1) is 19.3 Å². The smallest absolute Gasteiger partial charge is 0.226 e. The van der Waals surface area contributed by atoms with Crippen molar-refractivity contribution in [2.45, 2.75) is 45.1 Å². The Balaban J connectivity index is 2.20. The molecule has 0 bridgehead atoms. The lowest BCUT2D eigenvalue weighted by Crippen LogP contribution is -2.46. The lowest BCUT2D eigenvalue weighted by Gasteiger charge is -2.39. The molecule has 0 amide bonds. The first-order chi connectivity index (χ1) is 9.07. The van der Waals surface area contributed by atoms with Crippen LogP contribution in [0, 0.1) is 12.8 Å². The predicted molar refractivity (Wildman–Crippen MR) is 74.4 cm³/mol. The van der Waals surface area contributed by atoms with E-state index in [1.165, 1.54) is 6.42 Å². The number of ether oxygens (including phenoxy) is 1. The first kappa shape index (κ1) is 14.1. The van der Waals surface area contributed by atoms with E-state index in [0.717, 1.165) is 25.0 Å². The van der Waals surface area contributed by atoms with Gasteiger partial charge < -0.3 is 15.2 Å². The van der Waals surface area contributed by atoms with Crippen molar-refractivity contribution in [3.8, 4) is 5.88 Å². The van der Waals surface area contributed by atoms with Gasteiger partial charge in [-0.05, 0) is 25.7 Å². The highest BCUT2D eigenvalue weighted by Gasteiger charge is 2.35. The molecule has 5 heteroatoms. The van der Waals surface area contributed by atoms with Crippen LogP contribution in [0.15, 0.2) is 6.07 Å². The predicted octanol–water partition coefficient (Wildman–Crippen LogP) is 2.15. The van der Waals surface area contributed by atoms with Crippen LogP contribution in [0.3, 0.4) is 0 Å². The summed E-state index contributed by atoms with van der Waals surface area (Å²) in [5, 5.41) is 13.1. The van der Waals surface area contributed by atoms with Gasteiger partial charge in [-0.15, -0.1) is 0 Å². The zero-order valence-corrected chi connectivity index (χ0v) is 11.9. The van der Waals surface area contributed by atoms with E-state index >= 15 is 0 Å². The fourth-order valence-electron chi connectivity index (χ4n) is 2.89. The number of aromatic nitrogens is 2. The SMILES string of the molecule is COc1cc(C)nc(NC2(CO)CCCC(C)C2)n1. The molecule has 0 radical (unpaired) electrons. The summed E-state index contributed by atoms with van der Waals surface area (Å²) in [5.74, 6) is 1.70. The minimum absolute atomic E-state index is 0.108. The molecule has 106 valence electrons. The number of hydrogen-bond acceptors (Lipinski definition) is 5. The van der Waals surface area contributed by atoms with Crippen molar-refractivity contribution in [3.05, 3.63) is 11.8 Å². The van der Waals surface area contributed by atoms with Crippen LogP contribution in [-0.4, -0.2) is 34.3 Å². The van der Waals surface area contributed by atoms with Gasteiger partial charge in [0.1, 0.15) is 0 Å². The van der Waals surface area contributed by atoms with Gasteiger partial charge in [0.2, 0.25) is 11.8 Å². The molecular weight excluding hydrogens is 242 g/mol. The van der Waals surface area contributed by atoms with E-state index in [0.29, 0.717) is 17.7 Å². The highest BCUT2D eigenvalue weighted by atomic mass is 16.5. The number of anilines is 1. The Labute approximate surface area is 114 Å². The van der Waals surface area contributed by atoms with Crippen molar-refractivity contribution in [1.82, 2.24) is 9.97 Å². The number of hydrogen-bond donors (Lipinski definition) is 2. The molecule has 0 aromatic carbocycles. The van der Waals surface area contributed by atoms with Crippen LogP contribution in [0.1, 0.15) is 38.3 Å². The molecule has 1 aliphatic carbocycles. The first-order valence-electron chi connectivity index (χ1n) is 6.85. The van der Waals surface area contributed by atoms with Gasteiger partial charge in [-0.25, -0.2) is 4.98 Å². The van der Waals surface area contributed by atoms with Crippen LogP contribution >= 0.6 is 0 Å². The number of nitrogens with zero attached hydrogens (tertiary/aromatic N) is 2. The van der Waals surface area contributed by atoms with Gasteiger partial charge in [-0.1, -0.05) is 19.8 Å². The van der Waals surface area contributed by atoms with Crippen molar-refractivity contribution in [2.75, 3.05) is 19.0 Å². The van der Waals surface area contributed by atoms with Gasteiger partial charge >= 0.3 is 0 Å². The summed E-state index contributed by atoms with van der Waals surface area (Å²) in [6.45, 7) is 4.24. The van der Waals surface area contributed by atoms with Crippen molar-refractivity contribution in [2.24, 2.45) is 5.92 Å². The quantitative estimate of drug-likeness (QED) is 0.873. The van der Waals surface area contributed by atoms with E-state index in [1.807, 2.05) is 6.92 Å². The van der Waals surface area contributed by atoms with Gasteiger partial charge in [0.15, 0.2) is 0 Å². The number of methoxy groups -OCH3 is 1. The number of nitrogens with one attached hydrogen (secondary N) is 1. The molecule has 1 aromatic rings. The number of aliphatic hydroxyl groups is 1. The molecule has 1 fully saturated rings. The Hall–Kier alpha value is -1.36. The minimum atomic E-state index is -0.295. The summed E-state index contributed by atoms with van der Waals surface area (Å²) >= 11 is 0. The van der Waals surface area contributed by atoms with E-state index in [9.17, 15) is 5.11 Å². The van der Waals surface area contributed by atoms with E-state index in [2.05, 4.69) is 22.2 Å². The van der Waals surface area contributed by atoms with Gasteiger partial charge in [-0.2, -0.15) is 4.98 Å².